The van der Waals surface area contributed by atoms with E-state index in [2.05, 4.69) is 10.3 Å². The molecule has 1 aromatic carbocycles. The number of fused-ring (bicyclic) bond motifs is 1. The van der Waals surface area contributed by atoms with E-state index >= 15 is 0 Å². The Kier molecular flexibility index (Phi) is 4.45. The van der Waals surface area contributed by atoms with Gasteiger partial charge in [-0.05, 0) is 24.5 Å². The number of aromatic amines is 1. The number of aryl methyl sites for hydroxylation is 1. The first-order chi connectivity index (χ1) is 11.7. The third-order valence-corrected chi connectivity index (χ3v) is 4.36. The average Bonchev–Trinajstić information content (AvgIpc) is 3.06. The average molecular weight is 353 g/mol. The van der Waals surface area contributed by atoms with Crippen molar-refractivity contribution in [2.24, 2.45) is 0 Å². The van der Waals surface area contributed by atoms with E-state index in [1.54, 1.807) is 6.20 Å². The number of carbonyl (C=O) groups is 2. The van der Waals surface area contributed by atoms with Gasteiger partial charge < -0.3 is 15.2 Å². The molecule has 25 heavy (non-hydrogen) atoms. The Morgan fingerprint density at radius 2 is 2.16 bits per heavy atom. The number of alkyl halides is 3. The molecule has 0 aliphatic carbocycles. The number of hydrogen-bond donors (Lipinski definition) is 2. The summed E-state index contributed by atoms with van der Waals surface area (Å²) in [6.45, 7) is 0.671. The van der Waals surface area contributed by atoms with Gasteiger partial charge in [-0.3, -0.25) is 9.59 Å². The Balaban J connectivity index is 1.63. The van der Waals surface area contributed by atoms with Crippen LogP contribution in [0.3, 0.4) is 0 Å². The highest BCUT2D eigenvalue weighted by atomic mass is 19.4. The Bertz CT molecular complexity index is 813. The summed E-state index contributed by atoms with van der Waals surface area (Å²) in [5.41, 5.74) is 2.78. The molecular weight excluding hydrogens is 335 g/mol. The number of aromatic nitrogens is 1. The molecule has 1 unspecified atom stereocenters. The van der Waals surface area contributed by atoms with Crippen molar-refractivity contribution in [3.05, 3.63) is 35.5 Å². The minimum absolute atomic E-state index is 0.00439. The molecule has 1 aliphatic heterocycles. The molecule has 0 saturated carbocycles. The largest absolute Gasteiger partial charge is 0.406 e. The van der Waals surface area contributed by atoms with Crippen molar-refractivity contribution >= 4 is 22.7 Å². The van der Waals surface area contributed by atoms with Gasteiger partial charge in [0.2, 0.25) is 11.8 Å². The van der Waals surface area contributed by atoms with Gasteiger partial charge in [-0.25, -0.2) is 0 Å². The van der Waals surface area contributed by atoms with E-state index in [4.69, 9.17) is 0 Å². The molecule has 1 atom stereocenters. The van der Waals surface area contributed by atoms with E-state index in [1.165, 1.54) is 0 Å². The zero-order chi connectivity index (χ0) is 18.2. The minimum Gasteiger partial charge on any atom is -0.361 e. The summed E-state index contributed by atoms with van der Waals surface area (Å²) in [6, 6.07) is 4.85. The zero-order valence-corrected chi connectivity index (χ0v) is 13.6. The van der Waals surface area contributed by atoms with E-state index < -0.39 is 24.7 Å². The number of rotatable bonds is 4. The van der Waals surface area contributed by atoms with E-state index in [1.807, 2.05) is 25.1 Å². The fraction of sp³-hybridized carbons (Fsp3) is 0.412. The van der Waals surface area contributed by atoms with E-state index in [0.717, 1.165) is 26.9 Å². The SMILES string of the molecule is Cc1cccc2c(CC(=O)NC3CCN(CC(F)(F)F)C3=O)c[nH]c12. The number of likely N-dealkylation sites (tertiary alicyclic amines) is 1. The van der Waals surface area contributed by atoms with Gasteiger partial charge in [0.15, 0.2) is 0 Å². The van der Waals surface area contributed by atoms with Crippen molar-refractivity contribution in [1.82, 2.24) is 15.2 Å². The first-order valence-electron chi connectivity index (χ1n) is 7.95. The van der Waals surface area contributed by atoms with Crippen LogP contribution in [0, 0.1) is 6.92 Å². The fourth-order valence-corrected chi connectivity index (χ4v) is 3.17. The predicted octanol–water partition coefficient (Wildman–Crippen LogP) is 2.30. The van der Waals surface area contributed by atoms with E-state index in [9.17, 15) is 22.8 Å². The summed E-state index contributed by atoms with van der Waals surface area (Å²) in [4.78, 5) is 28.1. The maximum atomic E-state index is 12.4. The first kappa shape index (κ1) is 17.3. The maximum absolute atomic E-state index is 12.4. The second-order valence-electron chi connectivity index (χ2n) is 6.27. The van der Waals surface area contributed by atoms with Crippen molar-refractivity contribution in [2.45, 2.75) is 32.0 Å². The van der Waals surface area contributed by atoms with Crippen molar-refractivity contribution in [2.75, 3.05) is 13.1 Å². The second kappa shape index (κ2) is 6.42. The van der Waals surface area contributed by atoms with Crippen molar-refractivity contribution in [1.29, 1.82) is 0 Å². The van der Waals surface area contributed by atoms with Crippen molar-refractivity contribution in [3.63, 3.8) is 0 Å². The van der Waals surface area contributed by atoms with Gasteiger partial charge in [0, 0.05) is 23.6 Å². The molecule has 2 amide bonds. The minimum atomic E-state index is -4.43. The van der Waals surface area contributed by atoms with Gasteiger partial charge in [0.1, 0.15) is 12.6 Å². The molecule has 5 nitrogen and oxygen atoms in total. The van der Waals surface area contributed by atoms with Gasteiger partial charge in [-0.15, -0.1) is 0 Å². The van der Waals surface area contributed by atoms with Crippen LogP contribution in [0.15, 0.2) is 24.4 Å². The Labute approximate surface area is 142 Å². The van der Waals surface area contributed by atoms with Crippen LogP contribution >= 0.6 is 0 Å². The number of nitrogens with one attached hydrogen (secondary N) is 2. The quantitative estimate of drug-likeness (QED) is 0.886. The highest BCUT2D eigenvalue weighted by molar-refractivity contribution is 5.93. The van der Waals surface area contributed by atoms with Gasteiger partial charge >= 0.3 is 6.18 Å². The molecule has 2 heterocycles. The molecule has 2 N–H and O–H groups in total. The second-order valence-corrected chi connectivity index (χ2v) is 6.27. The number of para-hydroxylation sites is 1. The summed E-state index contributed by atoms with van der Waals surface area (Å²) in [6.07, 6.45) is -2.44. The van der Waals surface area contributed by atoms with Crippen LogP contribution in [-0.2, 0) is 16.0 Å². The molecule has 0 bridgehead atoms. The number of amides is 2. The Morgan fingerprint density at radius 3 is 2.88 bits per heavy atom. The van der Waals surface area contributed by atoms with Crippen LogP contribution in [0.25, 0.3) is 10.9 Å². The van der Waals surface area contributed by atoms with Crippen LogP contribution in [0.1, 0.15) is 17.5 Å². The lowest BCUT2D eigenvalue weighted by molar-refractivity contribution is -0.158. The fourth-order valence-electron chi connectivity index (χ4n) is 3.17. The molecule has 2 aromatic rings. The third kappa shape index (κ3) is 3.78. The zero-order valence-electron chi connectivity index (χ0n) is 13.6. The molecule has 0 spiro atoms. The van der Waals surface area contributed by atoms with Crippen LogP contribution in [-0.4, -0.2) is 47.0 Å². The predicted molar refractivity (Wildman–Crippen MR) is 85.9 cm³/mol. The summed E-state index contributed by atoms with van der Waals surface area (Å²) < 4.78 is 37.3. The highest BCUT2D eigenvalue weighted by Gasteiger charge is 2.39. The number of carbonyl (C=O) groups excluding carboxylic acids is 2. The molecular formula is C17H18F3N3O2. The monoisotopic (exact) mass is 353 g/mol. The molecule has 1 aromatic heterocycles. The lowest BCUT2D eigenvalue weighted by atomic mass is 10.1. The van der Waals surface area contributed by atoms with Crippen molar-refractivity contribution < 1.29 is 22.8 Å². The molecule has 8 heteroatoms. The standard InChI is InChI=1S/C17H18F3N3O2/c1-10-3-2-4-12-11(8-21-15(10)12)7-14(24)22-13-5-6-23(16(13)25)9-17(18,19)20/h2-4,8,13,21H,5-7,9H2,1H3,(H,22,24). The summed E-state index contributed by atoms with van der Waals surface area (Å²) in [5, 5.41) is 3.47. The van der Waals surface area contributed by atoms with Crippen LogP contribution in [0.4, 0.5) is 13.2 Å². The summed E-state index contributed by atoms with van der Waals surface area (Å²) in [5.74, 6) is -1.06. The van der Waals surface area contributed by atoms with Crippen LogP contribution < -0.4 is 5.32 Å². The normalized spacial score (nSPS) is 18.2. The summed E-state index contributed by atoms with van der Waals surface area (Å²) >= 11 is 0. The first-order valence-corrected chi connectivity index (χ1v) is 7.95. The highest BCUT2D eigenvalue weighted by Crippen LogP contribution is 2.23. The van der Waals surface area contributed by atoms with E-state index in [0.29, 0.717) is 0 Å². The number of nitrogens with zero attached hydrogens (tertiary/aromatic N) is 1. The number of H-pyrrole nitrogens is 1. The van der Waals surface area contributed by atoms with Gasteiger partial charge in [0.05, 0.1) is 6.42 Å². The number of benzene rings is 1. The molecule has 1 fully saturated rings. The molecule has 0 radical (unpaired) electrons. The number of halogens is 3. The smallest absolute Gasteiger partial charge is 0.361 e. The molecule has 134 valence electrons. The van der Waals surface area contributed by atoms with Crippen LogP contribution in [0.2, 0.25) is 0 Å². The van der Waals surface area contributed by atoms with Crippen molar-refractivity contribution in [3.8, 4) is 0 Å². The lowest BCUT2D eigenvalue weighted by Crippen LogP contribution is -2.44. The third-order valence-electron chi connectivity index (χ3n) is 4.36. The Morgan fingerprint density at radius 1 is 1.40 bits per heavy atom. The summed E-state index contributed by atoms with van der Waals surface area (Å²) in [7, 11) is 0. The Hall–Kier alpha value is -2.51. The maximum Gasteiger partial charge on any atom is 0.406 e. The number of hydrogen-bond acceptors (Lipinski definition) is 2. The van der Waals surface area contributed by atoms with Gasteiger partial charge in [0.25, 0.3) is 0 Å². The molecule has 1 aliphatic rings. The molecule has 1 saturated heterocycles. The van der Waals surface area contributed by atoms with E-state index in [-0.39, 0.29) is 25.3 Å². The topological polar surface area (TPSA) is 65.2 Å². The molecule has 3 rings (SSSR count). The van der Waals surface area contributed by atoms with Gasteiger partial charge in [-0.1, -0.05) is 18.2 Å². The van der Waals surface area contributed by atoms with Crippen LogP contribution in [0.5, 0.6) is 0 Å². The van der Waals surface area contributed by atoms with Gasteiger partial charge in [-0.2, -0.15) is 13.2 Å². The lowest BCUT2D eigenvalue weighted by Gasteiger charge is -2.18.